The first kappa shape index (κ1) is 13.2. The molecular formula is C10H11NO5S. The number of nitrogens with one attached hydrogen (secondary N) is 1. The molecule has 92 valence electrons. The predicted molar refractivity (Wildman–Crippen MR) is 62.7 cm³/mol. The number of carbonyl (C=O) groups is 1. The van der Waals surface area contributed by atoms with Gasteiger partial charge in [0.05, 0.1) is 11.8 Å². The predicted octanol–water partition coefficient (Wildman–Crippen LogP) is 1.37. The number of para-hydroxylation sites is 1. The van der Waals surface area contributed by atoms with Crippen molar-refractivity contribution >= 4 is 27.0 Å². The van der Waals surface area contributed by atoms with Gasteiger partial charge in [-0.3, -0.25) is 4.55 Å². The van der Waals surface area contributed by atoms with E-state index in [0.717, 1.165) is 10.9 Å². The lowest BCUT2D eigenvalue weighted by molar-refractivity contribution is 0.0699. The van der Waals surface area contributed by atoms with Crippen LogP contribution in [0.15, 0.2) is 30.5 Å². The van der Waals surface area contributed by atoms with Gasteiger partial charge in [0.2, 0.25) is 0 Å². The molecule has 0 atom stereocenters. The highest BCUT2D eigenvalue weighted by molar-refractivity contribution is 7.85. The summed E-state index contributed by atoms with van der Waals surface area (Å²) < 4.78 is 25.9. The molecule has 0 aliphatic heterocycles. The van der Waals surface area contributed by atoms with Crippen LogP contribution in [0.5, 0.6) is 0 Å². The Balaban J connectivity index is 0.000000249. The lowest BCUT2D eigenvalue weighted by atomic mass is 10.2. The van der Waals surface area contributed by atoms with Gasteiger partial charge in [-0.15, -0.1) is 0 Å². The van der Waals surface area contributed by atoms with Crippen LogP contribution in [0.2, 0.25) is 0 Å². The highest BCUT2D eigenvalue weighted by Crippen LogP contribution is 2.16. The number of carboxylic acid groups (broad SMARTS) is 1. The van der Waals surface area contributed by atoms with E-state index in [4.69, 9.17) is 9.66 Å². The molecule has 0 bridgehead atoms. The number of fused-ring (bicyclic) bond motifs is 1. The number of carboxylic acids is 1. The topological polar surface area (TPSA) is 107 Å². The molecule has 2 rings (SSSR count). The maximum atomic E-state index is 10.7. The second-order valence-corrected chi connectivity index (χ2v) is 4.75. The van der Waals surface area contributed by atoms with Crippen molar-refractivity contribution in [3.8, 4) is 0 Å². The van der Waals surface area contributed by atoms with Crippen LogP contribution >= 0.6 is 0 Å². The van der Waals surface area contributed by atoms with Gasteiger partial charge in [-0.25, -0.2) is 4.79 Å². The fourth-order valence-corrected chi connectivity index (χ4v) is 1.25. The molecule has 7 heteroatoms. The van der Waals surface area contributed by atoms with Gasteiger partial charge in [0, 0.05) is 17.1 Å². The molecule has 0 unspecified atom stereocenters. The number of aromatic nitrogens is 1. The Hall–Kier alpha value is -1.86. The lowest BCUT2D eigenvalue weighted by Gasteiger charge is -1.89. The molecule has 0 saturated heterocycles. The van der Waals surface area contributed by atoms with Crippen molar-refractivity contribution in [3.05, 3.63) is 36.0 Å². The smallest absolute Gasteiger partial charge is 0.337 e. The second kappa shape index (κ2) is 4.98. The van der Waals surface area contributed by atoms with Crippen LogP contribution < -0.4 is 0 Å². The summed E-state index contributed by atoms with van der Waals surface area (Å²) in [5.41, 5.74) is 1.18. The Morgan fingerprint density at radius 3 is 2.35 bits per heavy atom. The monoisotopic (exact) mass is 257 g/mol. The molecule has 1 heterocycles. The molecule has 0 amide bonds. The van der Waals surface area contributed by atoms with Crippen molar-refractivity contribution in [1.29, 1.82) is 0 Å². The van der Waals surface area contributed by atoms with Crippen LogP contribution in [0.4, 0.5) is 0 Å². The van der Waals surface area contributed by atoms with Crippen LogP contribution in [0.3, 0.4) is 0 Å². The Morgan fingerprint density at radius 1 is 1.29 bits per heavy atom. The average molecular weight is 257 g/mol. The van der Waals surface area contributed by atoms with Crippen LogP contribution in [-0.2, 0) is 10.1 Å². The van der Waals surface area contributed by atoms with E-state index >= 15 is 0 Å². The average Bonchev–Trinajstić information content (AvgIpc) is 2.58. The van der Waals surface area contributed by atoms with Gasteiger partial charge >= 0.3 is 5.97 Å². The third-order valence-electron chi connectivity index (χ3n) is 1.82. The van der Waals surface area contributed by atoms with Crippen molar-refractivity contribution in [2.75, 3.05) is 6.26 Å². The zero-order chi connectivity index (χ0) is 13.1. The Morgan fingerprint density at radius 2 is 1.82 bits per heavy atom. The molecule has 2 aromatic rings. The van der Waals surface area contributed by atoms with E-state index in [1.54, 1.807) is 6.07 Å². The SMILES string of the molecule is CS(=O)(=O)O.O=C(O)c1c[nH]c2ccccc12. The van der Waals surface area contributed by atoms with E-state index in [1.807, 2.05) is 18.2 Å². The molecule has 17 heavy (non-hydrogen) atoms. The maximum absolute atomic E-state index is 10.7. The van der Waals surface area contributed by atoms with Crippen molar-refractivity contribution in [1.82, 2.24) is 4.98 Å². The summed E-state index contributed by atoms with van der Waals surface area (Å²) in [6, 6.07) is 7.32. The van der Waals surface area contributed by atoms with Gasteiger partial charge in [0.1, 0.15) is 0 Å². The standard InChI is InChI=1S/C9H7NO2.CH4O3S/c11-9(12)7-5-10-8-4-2-1-3-6(7)8;1-5(2,3)4/h1-5,10H,(H,11,12);1H3,(H,2,3,4). The minimum Gasteiger partial charge on any atom is -0.478 e. The Labute approximate surface area is 97.6 Å². The first-order chi connectivity index (χ1) is 7.79. The van der Waals surface area contributed by atoms with Crippen molar-refractivity contribution in [2.45, 2.75) is 0 Å². The molecule has 1 aromatic carbocycles. The molecule has 0 aliphatic carbocycles. The van der Waals surface area contributed by atoms with E-state index in [2.05, 4.69) is 4.98 Å². The van der Waals surface area contributed by atoms with Crippen LogP contribution in [0.25, 0.3) is 10.9 Å². The van der Waals surface area contributed by atoms with Gasteiger partial charge in [0.25, 0.3) is 10.1 Å². The summed E-state index contributed by atoms with van der Waals surface area (Å²) in [7, 11) is -3.67. The third kappa shape index (κ3) is 4.25. The first-order valence-electron chi connectivity index (χ1n) is 4.51. The summed E-state index contributed by atoms with van der Waals surface area (Å²) in [4.78, 5) is 13.5. The van der Waals surface area contributed by atoms with Crippen molar-refractivity contribution < 1.29 is 22.9 Å². The minimum absolute atomic E-state index is 0.325. The summed E-state index contributed by atoms with van der Waals surface area (Å²) in [6.45, 7) is 0. The van der Waals surface area contributed by atoms with Gasteiger partial charge < -0.3 is 10.1 Å². The van der Waals surface area contributed by atoms with E-state index in [-0.39, 0.29) is 0 Å². The Kier molecular flexibility index (Phi) is 3.87. The zero-order valence-corrected chi connectivity index (χ0v) is 9.73. The second-order valence-electron chi connectivity index (χ2n) is 3.29. The van der Waals surface area contributed by atoms with Crippen LogP contribution in [-0.4, -0.2) is 35.3 Å². The highest BCUT2D eigenvalue weighted by Gasteiger charge is 2.08. The molecule has 6 nitrogen and oxygen atoms in total. The van der Waals surface area contributed by atoms with E-state index < -0.39 is 16.1 Å². The van der Waals surface area contributed by atoms with Crippen LogP contribution in [0.1, 0.15) is 10.4 Å². The zero-order valence-electron chi connectivity index (χ0n) is 8.91. The Bertz CT molecular complexity index is 621. The number of aromatic amines is 1. The number of rotatable bonds is 1. The molecule has 0 radical (unpaired) electrons. The van der Waals surface area contributed by atoms with Gasteiger partial charge in [0.15, 0.2) is 0 Å². The van der Waals surface area contributed by atoms with Gasteiger partial charge in [-0.2, -0.15) is 8.42 Å². The normalized spacial score (nSPS) is 10.7. The summed E-state index contributed by atoms with van der Waals surface area (Å²) in [6.07, 6.45) is 2.22. The number of H-pyrrole nitrogens is 1. The molecule has 0 aliphatic rings. The lowest BCUT2D eigenvalue weighted by Crippen LogP contribution is -1.92. The quantitative estimate of drug-likeness (QED) is 0.669. The minimum atomic E-state index is -3.67. The van der Waals surface area contributed by atoms with Gasteiger partial charge in [-0.1, -0.05) is 18.2 Å². The van der Waals surface area contributed by atoms with E-state index in [0.29, 0.717) is 11.8 Å². The number of hydrogen-bond donors (Lipinski definition) is 3. The summed E-state index contributed by atoms with van der Waals surface area (Å²) in [5, 5.41) is 9.51. The first-order valence-corrected chi connectivity index (χ1v) is 6.35. The third-order valence-corrected chi connectivity index (χ3v) is 1.82. The molecule has 0 saturated carbocycles. The molecule has 3 N–H and O–H groups in total. The molecule has 0 fully saturated rings. The fraction of sp³-hybridized carbons (Fsp3) is 0.100. The summed E-state index contributed by atoms with van der Waals surface area (Å²) in [5.74, 6) is -0.896. The van der Waals surface area contributed by atoms with Gasteiger partial charge in [-0.05, 0) is 6.07 Å². The number of benzene rings is 1. The molecule has 1 aromatic heterocycles. The summed E-state index contributed by atoms with van der Waals surface area (Å²) >= 11 is 0. The molecule has 0 spiro atoms. The van der Waals surface area contributed by atoms with E-state index in [9.17, 15) is 13.2 Å². The van der Waals surface area contributed by atoms with Crippen LogP contribution in [0, 0.1) is 0 Å². The fourth-order valence-electron chi connectivity index (χ4n) is 1.25. The maximum Gasteiger partial charge on any atom is 0.337 e. The highest BCUT2D eigenvalue weighted by atomic mass is 32.2. The largest absolute Gasteiger partial charge is 0.478 e. The van der Waals surface area contributed by atoms with Crippen molar-refractivity contribution in [3.63, 3.8) is 0 Å². The van der Waals surface area contributed by atoms with E-state index in [1.165, 1.54) is 6.20 Å². The molecular weight excluding hydrogens is 246 g/mol. The number of hydrogen-bond acceptors (Lipinski definition) is 3. The number of aromatic carboxylic acids is 1. The van der Waals surface area contributed by atoms with Crippen molar-refractivity contribution in [2.24, 2.45) is 0 Å².